The Morgan fingerprint density at radius 3 is 1.83 bits per heavy atom. The molecule has 0 aliphatic carbocycles. The van der Waals surface area contributed by atoms with E-state index < -0.39 is 7.29 Å². The van der Waals surface area contributed by atoms with Crippen LogP contribution in [0.3, 0.4) is 0 Å². The summed E-state index contributed by atoms with van der Waals surface area (Å²) in [7, 11) is -3.10. The normalized spacial score (nSPS) is 14.1. The zero-order chi connectivity index (χ0) is 20.1. The predicted molar refractivity (Wildman–Crippen MR) is 123 cm³/mol. The topological polar surface area (TPSA) is 29.1 Å². The number of hydrogen-bond acceptors (Lipinski definition) is 1. The van der Waals surface area contributed by atoms with Crippen molar-refractivity contribution >= 4 is 17.9 Å². The molecule has 0 bridgehead atoms. The van der Waals surface area contributed by atoms with Crippen molar-refractivity contribution in [2.75, 3.05) is 0 Å². The first kappa shape index (κ1) is 19.4. The Kier molecular flexibility index (Phi) is 5.76. The highest BCUT2D eigenvalue weighted by atomic mass is 31.2. The Hall–Kier alpha value is -2.93. The van der Waals surface area contributed by atoms with Crippen LogP contribution in [0.25, 0.3) is 11.1 Å². The minimum atomic E-state index is -3.10. The SMILES string of the molecule is C[C@@H](NP(=O)(c1ccccc1)c1ccccc1-c1ccccc1)c1ccccc1. The highest BCUT2D eigenvalue weighted by Gasteiger charge is 2.31. The van der Waals surface area contributed by atoms with Gasteiger partial charge in [0.1, 0.15) is 0 Å². The molecule has 0 saturated heterocycles. The van der Waals surface area contributed by atoms with Gasteiger partial charge in [-0.1, -0.05) is 97.1 Å². The van der Waals surface area contributed by atoms with E-state index in [1.54, 1.807) is 0 Å². The molecule has 0 radical (unpaired) electrons. The molecule has 1 unspecified atom stereocenters. The molecule has 0 aromatic heterocycles. The molecule has 4 aromatic carbocycles. The summed E-state index contributed by atoms with van der Waals surface area (Å²) in [6.07, 6.45) is 0. The summed E-state index contributed by atoms with van der Waals surface area (Å²) in [5.74, 6) is 0. The van der Waals surface area contributed by atoms with E-state index in [1.165, 1.54) is 0 Å². The molecule has 0 aliphatic heterocycles. The van der Waals surface area contributed by atoms with Gasteiger partial charge in [0.05, 0.1) is 0 Å². The van der Waals surface area contributed by atoms with E-state index >= 15 is 0 Å². The fourth-order valence-corrected chi connectivity index (χ4v) is 6.31. The van der Waals surface area contributed by atoms with Gasteiger partial charge in [0.25, 0.3) is 0 Å². The van der Waals surface area contributed by atoms with Crippen LogP contribution in [0.15, 0.2) is 115 Å². The maximum absolute atomic E-state index is 14.7. The van der Waals surface area contributed by atoms with Crippen molar-refractivity contribution in [3.05, 3.63) is 121 Å². The van der Waals surface area contributed by atoms with E-state index in [4.69, 9.17) is 0 Å². The second-order valence-corrected chi connectivity index (χ2v) is 9.56. The standard InChI is InChI=1S/C26H24NOP/c1-21(22-13-5-2-6-14-22)27-29(28,24-17-9-4-10-18-24)26-20-12-11-19-25(26)23-15-7-3-8-16-23/h2-21H,1H3,(H,27,28)/t21-,29?/m1/s1. The molecular formula is C26H24NOP. The number of nitrogens with one attached hydrogen (secondary N) is 1. The third-order valence-corrected chi connectivity index (χ3v) is 7.97. The van der Waals surface area contributed by atoms with E-state index in [1.807, 2.05) is 84.9 Å². The van der Waals surface area contributed by atoms with Gasteiger partial charge in [-0.3, -0.25) is 9.65 Å². The van der Waals surface area contributed by atoms with Crippen molar-refractivity contribution in [3.8, 4) is 11.1 Å². The van der Waals surface area contributed by atoms with Crippen LogP contribution in [0.4, 0.5) is 0 Å². The van der Waals surface area contributed by atoms with Crippen molar-refractivity contribution in [2.45, 2.75) is 13.0 Å². The van der Waals surface area contributed by atoms with Crippen molar-refractivity contribution in [1.82, 2.24) is 5.09 Å². The molecule has 29 heavy (non-hydrogen) atoms. The fourth-order valence-electron chi connectivity index (χ4n) is 3.62. The molecule has 2 atom stereocenters. The molecule has 4 rings (SSSR count). The van der Waals surface area contributed by atoms with Crippen molar-refractivity contribution in [3.63, 3.8) is 0 Å². The largest absolute Gasteiger partial charge is 0.296 e. The Bertz CT molecular complexity index is 1110. The Balaban J connectivity index is 1.86. The summed E-state index contributed by atoms with van der Waals surface area (Å²) in [6.45, 7) is 2.07. The van der Waals surface area contributed by atoms with Gasteiger partial charge in [-0.05, 0) is 41.8 Å². The molecule has 1 N–H and O–H groups in total. The summed E-state index contributed by atoms with van der Waals surface area (Å²) >= 11 is 0. The highest BCUT2D eigenvalue weighted by Crippen LogP contribution is 2.44. The van der Waals surface area contributed by atoms with Crippen LogP contribution in [0.2, 0.25) is 0 Å². The summed E-state index contributed by atoms with van der Waals surface area (Å²) in [4.78, 5) is 0. The van der Waals surface area contributed by atoms with Crippen LogP contribution in [0, 0.1) is 0 Å². The highest BCUT2D eigenvalue weighted by molar-refractivity contribution is 7.77. The van der Waals surface area contributed by atoms with Gasteiger partial charge in [-0.2, -0.15) is 0 Å². The molecular weight excluding hydrogens is 373 g/mol. The van der Waals surface area contributed by atoms with E-state index in [9.17, 15) is 4.57 Å². The summed E-state index contributed by atoms with van der Waals surface area (Å²) in [5, 5.41) is 5.15. The van der Waals surface area contributed by atoms with Gasteiger partial charge >= 0.3 is 0 Å². The van der Waals surface area contributed by atoms with Crippen molar-refractivity contribution < 1.29 is 4.57 Å². The van der Waals surface area contributed by atoms with Crippen molar-refractivity contribution in [1.29, 1.82) is 0 Å². The summed E-state index contributed by atoms with van der Waals surface area (Å²) < 4.78 is 14.7. The number of rotatable bonds is 6. The monoisotopic (exact) mass is 397 g/mol. The quantitative estimate of drug-likeness (QED) is 0.408. The Morgan fingerprint density at radius 1 is 0.655 bits per heavy atom. The lowest BCUT2D eigenvalue weighted by Crippen LogP contribution is -2.30. The van der Waals surface area contributed by atoms with Gasteiger partial charge in [0, 0.05) is 16.7 Å². The molecule has 2 nitrogen and oxygen atoms in total. The average Bonchev–Trinajstić information content (AvgIpc) is 2.81. The first-order chi connectivity index (χ1) is 14.2. The molecule has 0 amide bonds. The van der Waals surface area contributed by atoms with Crippen LogP contribution >= 0.6 is 7.29 Å². The number of hydrogen-bond donors (Lipinski definition) is 1. The molecule has 4 aromatic rings. The maximum atomic E-state index is 14.7. The minimum Gasteiger partial charge on any atom is -0.296 e. The molecule has 0 spiro atoms. The van der Waals surface area contributed by atoms with Gasteiger partial charge in [-0.15, -0.1) is 0 Å². The first-order valence-electron chi connectivity index (χ1n) is 9.82. The Morgan fingerprint density at radius 2 is 1.17 bits per heavy atom. The van der Waals surface area contributed by atoms with Crippen LogP contribution in [0.5, 0.6) is 0 Å². The van der Waals surface area contributed by atoms with Gasteiger partial charge < -0.3 is 0 Å². The first-order valence-corrected chi connectivity index (χ1v) is 11.5. The van der Waals surface area contributed by atoms with Crippen LogP contribution in [-0.2, 0) is 4.57 Å². The summed E-state index contributed by atoms with van der Waals surface area (Å²) in [6, 6.07) is 38.0. The zero-order valence-corrected chi connectivity index (χ0v) is 17.3. The second-order valence-electron chi connectivity index (χ2n) is 7.09. The number of benzene rings is 4. The van der Waals surface area contributed by atoms with E-state index in [-0.39, 0.29) is 6.04 Å². The van der Waals surface area contributed by atoms with Crippen LogP contribution < -0.4 is 15.7 Å². The molecule has 0 fully saturated rings. The smallest absolute Gasteiger partial charge is 0.205 e. The third-order valence-electron chi connectivity index (χ3n) is 5.12. The molecule has 0 heterocycles. The predicted octanol–water partition coefficient (Wildman–Crippen LogP) is 5.93. The third kappa shape index (κ3) is 4.10. The lowest BCUT2D eigenvalue weighted by atomic mass is 10.1. The van der Waals surface area contributed by atoms with E-state index in [0.29, 0.717) is 0 Å². The average molecular weight is 397 g/mol. The van der Waals surface area contributed by atoms with Gasteiger partial charge in [0.15, 0.2) is 0 Å². The lowest BCUT2D eigenvalue weighted by Gasteiger charge is -2.27. The second kappa shape index (κ2) is 8.61. The van der Waals surface area contributed by atoms with Crippen LogP contribution in [0.1, 0.15) is 18.5 Å². The molecule has 3 heteroatoms. The Labute approximate surface area is 172 Å². The molecule has 144 valence electrons. The summed E-state index contributed by atoms with van der Waals surface area (Å²) in [5.41, 5.74) is 3.17. The van der Waals surface area contributed by atoms with Gasteiger partial charge in [-0.25, -0.2) is 0 Å². The lowest BCUT2D eigenvalue weighted by molar-refractivity contribution is 0.568. The minimum absolute atomic E-state index is 0.0638. The zero-order valence-electron chi connectivity index (χ0n) is 16.4. The fraction of sp³-hybridized carbons (Fsp3) is 0.0769. The molecule has 0 aliphatic rings. The van der Waals surface area contributed by atoms with E-state index in [2.05, 4.69) is 42.3 Å². The van der Waals surface area contributed by atoms with Gasteiger partial charge in [0.2, 0.25) is 7.29 Å². The maximum Gasteiger partial charge on any atom is 0.205 e. The van der Waals surface area contributed by atoms with Crippen molar-refractivity contribution in [2.24, 2.45) is 0 Å². The van der Waals surface area contributed by atoms with E-state index in [0.717, 1.165) is 27.3 Å². The van der Waals surface area contributed by atoms with Crippen LogP contribution in [-0.4, -0.2) is 0 Å². The molecule has 0 saturated carbocycles.